The van der Waals surface area contributed by atoms with Gasteiger partial charge in [0.15, 0.2) is 0 Å². The number of rotatable bonds is 2. The number of pyridine rings is 1. The quantitative estimate of drug-likeness (QED) is 0.590. The van der Waals surface area contributed by atoms with E-state index in [-0.39, 0.29) is 12.5 Å². The molecular formula is C10H9ClN2O. The van der Waals surface area contributed by atoms with Crippen molar-refractivity contribution in [3.8, 4) is 12.3 Å². The Morgan fingerprint density at radius 2 is 2.43 bits per heavy atom. The maximum atomic E-state index is 11.4. The van der Waals surface area contributed by atoms with Gasteiger partial charge >= 0.3 is 0 Å². The minimum atomic E-state index is -0.240. The molecule has 1 rings (SSSR count). The van der Waals surface area contributed by atoms with Crippen LogP contribution in [0.15, 0.2) is 12.1 Å². The second-order valence-corrected chi connectivity index (χ2v) is 3.09. The Hall–Kier alpha value is -1.53. The molecule has 0 aromatic carbocycles. The summed E-state index contributed by atoms with van der Waals surface area (Å²) in [5.74, 6) is 2.08. The highest BCUT2D eigenvalue weighted by atomic mass is 35.5. The molecule has 0 saturated heterocycles. The number of carbonyl (C=O) groups excluding carboxylic acids is 1. The highest BCUT2D eigenvalue weighted by Gasteiger charge is 2.06. The highest BCUT2D eigenvalue weighted by Crippen LogP contribution is 2.09. The van der Waals surface area contributed by atoms with Crippen molar-refractivity contribution in [2.24, 2.45) is 0 Å². The fraction of sp³-hybridized carbons (Fsp3) is 0.200. The molecule has 1 aromatic rings. The predicted octanol–water partition coefficient (Wildman–Crippen LogP) is 1.41. The number of amides is 1. The number of halogens is 1. The van der Waals surface area contributed by atoms with Crippen LogP contribution >= 0.6 is 11.6 Å². The van der Waals surface area contributed by atoms with Crippen LogP contribution < -0.4 is 5.32 Å². The molecule has 72 valence electrons. The van der Waals surface area contributed by atoms with E-state index in [9.17, 15) is 4.79 Å². The second-order valence-electron chi connectivity index (χ2n) is 2.71. The summed E-state index contributed by atoms with van der Waals surface area (Å²) in [6, 6.07) is 3.15. The number of aryl methyl sites for hydroxylation is 1. The number of carbonyl (C=O) groups is 1. The van der Waals surface area contributed by atoms with Crippen LogP contribution in [-0.2, 0) is 0 Å². The largest absolute Gasteiger partial charge is 0.341 e. The standard InChI is InChI=1S/C10H9ClN2O/c1-3-4-12-10(14)8-5-7(2)13-9(11)6-8/h1,5-6H,4H2,2H3,(H,12,14). The maximum absolute atomic E-state index is 11.4. The Labute approximate surface area is 87.5 Å². The van der Waals surface area contributed by atoms with E-state index in [1.54, 1.807) is 13.0 Å². The van der Waals surface area contributed by atoms with Crippen molar-refractivity contribution in [1.29, 1.82) is 0 Å². The first-order chi connectivity index (χ1) is 6.63. The average molecular weight is 209 g/mol. The van der Waals surface area contributed by atoms with Gasteiger partial charge in [0.2, 0.25) is 0 Å². The third-order valence-corrected chi connectivity index (χ3v) is 1.73. The molecule has 0 fully saturated rings. The number of nitrogens with zero attached hydrogens (tertiary/aromatic N) is 1. The number of hydrogen-bond donors (Lipinski definition) is 1. The van der Waals surface area contributed by atoms with Crippen LogP contribution in [0.2, 0.25) is 5.15 Å². The van der Waals surface area contributed by atoms with Gasteiger partial charge in [0.25, 0.3) is 5.91 Å². The summed E-state index contributed by atoms with van der Waals surface area (Å²) in [4.78, 5) is 15.4. The van der Waals surface area contributed by atoms with Gasteiger partial charge in [-0.05, 0) is 19.1 Å². The predicted molar refractivity (Wildman–Crippen MR) is 55.2 cm³/mol. The molecule has 0 aliphatic rings. The Bertz CT molecular complexity index is 375. The van der Waals surface area contributed by atoms with E-state index >= 15 is 0 Å². The summed E-state index contributed by atoms with van der Waals surface area (Å²) in [7, 11) is 0. The van der Waals surface area contributed by atoms with Crippen LogP contribution in [0.5, 0.6) is 0 Å². The number of aromatic nitrogens is 1. The molecule has 0 unspecified atom stereocenters. The number of terminal acetylenes is 1. The van der Waals surface area contributed by atoms with E-state index in [0.717, 1.165) is 0 Å². The van der Waals surface area contributed by atoms with Gasteiger partial charge in [-0.15, -0.1) is 6.42 Å². The van der Waals surface area contributed by atoms with E-state index in [1.165, 1.54) is 6.07 Å². The molecule has 0 atom stereocenters. The Morgan fingerprint density at radius 1 is 1.71 bits per heavy atom. The summed E-state index contributed by atoms with van der Waals surface area (Å²) < 4.78 is 0. The molecule has 0 aliphatic heterocycles. The Kier molecular flexibility index (Phi) is 3.49. The number of hydrogen-bond acceptors (Lipinski definition) is 2. The van der Waals surface area contributed by atoms with Crippen LogP contribution in [0.3, 0.4) is 0 Å². The van der Waals surface area contributed by atoms with E-state index in [4.69, 9.17) is 18.0 Å². The molecular weight excluding hydrogens is 200 g/mol. The lowest BCUT2D eigenvalue weighted by Gasteiger charge is -2.02. The first-order valence-corrected chi connectivity index (χ1v) is 4.37. The molecule has 1 heterocycles. The molecule has 0 aliphatic carbocycles. The minimum Gasteiger partial charge on any atom is -0.341 e. The molecule has 4 heteroatoms. The zero-order chi connectivity index (χ0) is 10.6. The first kappa shape index (κ1) is 10.6. The van der Waals surface area contributed by atoms with Gasteiger partial charge in [-0.1, -0.05) is 17.5 Å². The summed E-state index contributed by atoms with van der Waals surface area (Å²) in [6.07, 6.45) is 5.01. The van der Waals surface area contributed by atoms with Crippen molar-refractivity contribution in [2.75, 3.05) is 6.54 Å². The van der Waals surface area contributed by atoms with Crippen molar-refractivity contribution in [1.82, 2.24) is 10.3 Å². The van der Waals surface area contributed by atoms with Crippen LogP contribution in [0.1, 0.15) is 16.1 Å². The van der Waals surface area contributed by atoms with Crippen molar-refractivity contribution >= 4 is 17.5 Å². The van der Waals surface area contributed by atoms with Gasteiger partial charge < -0.3 is 5.32 Å². The highest BCUT2D eigenvalue weighted by molar-refractivity contribution is 6.29. The second kappa shape index (κ2) is 4.64. The van der Waals surface area contributed by atoms with Gasteiger partial charge in [0.05, 0.1) is 6.54 Å². The summed E-state index contributed by atoms with van der Waals surface area (Å²) >= 11 is 5.70. The molecule has 3 nitrogen and oxygen atoms in total. The third-order valence-electron chi connectivity index (χ3n) is 1.54. The number of nitrogens with one attached hydrogen (secondary N) is 1. The molecule has 0 spiro atoms. The first-order valence-electron chi connectivity index (χ1n) is 3.99. The Morgan fingerprint density at radius 3 is 3.00 bits per heavy atom. The van der Waals surface area contributed by atoms with Gasteiger partial charge in [0, 0.05) is 11.3 Å². The zero-order valence-corrected chi connectivity index (χ0v) is 8.43. The molecule has 0 radical (unpaired) electrons. The van der Waals surface area contributed by atoms with Crippen molar-refractivity contribution in [3.05, 3.63) is 28.5 Å². The molecule has 1 N–H and O–H groups in total. The van der Waals surface area contributed by atoms with Crippen LogP contribution in [0.25, 0.3) is 0 Å². The molecule has 1 amide bonds. The van der Waals surface area contributed by atoms with Crippen LogP contribution in [0.4, 0.5) is 0 Å². The van der Waals surface area contributed by atoms with Crippen molar-refractivity contribution < 1.29 is 4.79 Å². The third kappa shape index (κ3) is 2.75. The molecule has 0 saturated carbocycles. The lowest BCUT2D eigenvalue weighted by Crippen LogP contribution is -2.23. The Balaban J connectivity index is 2.85. The SMILES string of the molecule is C#CCNC(=O)c1cc(C)nc(Cl)c1. The smallest absolute Gasteiger partial charge is 0.252 e. The van der Waals surface area contributed by atoms with Gasteiger partial charge in [-0.25, -0.2) is 4.98 Å². The average Bonchev–Trinajstić information content (AvgIpc) is 2.12. The lowest BCUT2D eigenvalue weighted by atomic mass is 10.2. The van der Waals surface area contributed by atoms with Gasteiger partial charge in [-0.2, -0.15) is 0 Å². The van der Waals surface area contributed by atoms with Crippen LogP contribution in [0, 0.1) is 19.3 Å². The minimum absolute atomic E-state index is 0.206. The van der Waals surface area contributed by atoms with Crippen molar-refractivity contribution in [3.63, 3.8) is 0 Å². The van der Waals surface area contributed by atoms with Gasteiger partial charge in [0.1, 0.15) is 5.15 Å². The lowest BCUT2D eigenvalue weighted by molar-refractivity contribution is 0.0958. The molecule has 14 heavy (non-hydrogen) atoms. The summed E-state index contributed by atoms with van der Waals surface area (Å²) in [5, 5.41) is 2.84. The van der Waals surface area contributed by atoms with Gasteiger partial charge in [-0.3, -0.25) is 4.79 Å². The van der Waals surface area contributed by atoms with E-state index in [1.807, 2.05) is 0 Å². The van der Waals surface area contributed by atoms with E-state index < -0.39 is 0 Å². The summed E-state index contributed by atoms with van der Waals surface area (Å²) in [6.45, 7) is 1.97. The normalized spacial score (nSPS) is 9.21. The van der Waals surface area contributed by atoms with Crippen molar-refractivity contribution in [2.45, 2.75) is 6.92 Å². The maximum Gasteiger partial charge on any atom is 0.252 e. The van der Waals surface area contributed by atoms with E-state index in [0.29, 0.717) is 16.4 Å². The van der Waals surface area contributed by atoms with E-state index in [2.05, 4.69) is 16.2 Å². The zero-order valence-electron chi connectivity index (χ0n) is 7.67. The fourth-order valence-electron chi connectivity index (χ4n) is 0.993. The molecule has 0 bridgehead atoms. The summed E-state index contributed by atoms with van der Waals surface area (Å²) in [5.41, 5.74) is 1.17. The topological polar surface area (TPSA) is 42.0 Å². The van der Waals surface area contributed by atoms with Crippen LogP contribution in [-0.4, -0.2) is 17.4 Å². The molecule has 1 aromatic heterocycles. The monoisotopic (exact) mass is 208 g/mol. The fourth-order valence-corrected chi connectivity index (χ4v) is 1.24.